The van der Waals surface area contributed by atoms with Crippen LogP contribution in [0.5, 0.6) is 0 Å². The molecule has 11 heteroatoms. The lowest BCUT2D eigenvalue weighted by Crippen LogP contribution is -2.40. The summed E-state index contributed by atoms with van der Waals surface area (Å²) in [6, 6.07) is 8.60. The number of carbonyl (C=O) groups is 2. The zero-order valence-electron chi connectivity index (χ0n) is 21.1. The highest BCUT2D eigenvalue weighted by molar-refractivity contribution is 5.86. The number of hydrogen-bond acceptors (Lipinski definition) is 6. The average Bonchev–Trinajstić information content (AvgIpc) is 3.36. The van der Waals surface area contributed by atoms with E-state index in [0.29, 0.717) is 62.9 Å². The molecule has 1 aliphatic rings. The van der Waals surface area contributed by atoms with Crippen molar-refractivity contribution in [2.45, 2.75) is 33.2 Å². The van der Waals surface area contributed by atoms with E-state index in [4.69, 9.17) is 4.74 Å². The van der Waals surface area contributed by atoms with Crippen molar-refractivity contribution in [2.75, 3.05) is 37.7 Å². The Morgan fingerprint density at radius 1 is 1.19 bits per heavy atom. The van der Waals surface area contributed by atoms with E-state index in [1.165, 1.54) is 11.0 Å². The van der Waals surface area contributed by atoms with Gasteiger partial charge in [-0.15, -0.1) is 0 Å². The normalized spacial score (nSPS) is 13.6. The molecule has 0 unspecified atom stereocenters. The van der Waals surface area contributed by atoms with E-state index in [0.717, 1.165) is 5.56 Å². The summed E-state index contributed by atoms with van der Waals surface area (Å²) in [5.41, 5.74) is 2.14. The molecule has 1 N–H and O–H groups in total. The van der Waals surface area contributed by atoms with E-state index in [1.807, 2.05) is 19.9 Å². The molecule has 3 aromatic rings. The molecule has 0 saturated carbocycles. The van der Waals surface area contributed by atoms with Crippen LogP contribution in [0.1, 0.15) is 31.5 Å². The van der Waals surface area contributed by atoms with Gasteiger partial charge in [0.2, 0.25) is 11.3 Å². The monoisotopic (exact) mass is 508 g/mol. The number of hydrogen-bond donors (Lipinski definition) is 1. The number of aromatic nitrogens is 4. The molecule has 11 nitrogen and oxygen atoms in total. The minimum Gasteiger partial charge on any atom is -0.465 e. The van der Waals surface area contributed by atoms with Crippen molar-refractivity contribution >= 4 is 17.7 Å². The molecular weight excluding hydrogens is 476 g/mol. The predicted octanol–water partition coefficient (Wildman–Crippen LogP) is 2.41. The maximum absolute atomic E-state index is 12.6. The predicted molar refractivity (Wildman–Crippen MR) is 137 cm³/mol. The lowest BCUT2D eigenvalue weighted by molar-refractivity contribution is -0.135. The minimum atomic E-state index is -1.02. The first kappa shape index (κ1) is 26.1. The first-order valence-electron chi connectivity index (χ1n) is 12.4. The number of nitrogens with zero attached hydrogens (tertiary/aromatic N) is 6. The molecule has 2 amide bonds. The maximum Gasteiger partial charge on any atom is 0.411 e. The third-order valence-corrected chi connectivity index (χ3v) is 6.06. The Hall–Kier alpha value is -3.99. The lowest BCUT2D eigenvalue weighted by Gasteiger charge is -2.26. The molecule has 2 aromatic heterocycles. The molecule has 0 bridgehead atoms. The van der Waals surface area contributed by atoms with Gasteiger partial charge < -0.3 is 14.7 Å². The van der Waals surface area contributed by atoms with E-state index >= 15 is 0 Å². The average molecular weight is 509 g/mol. The van der Waals surface area contributed by atoms with Crippen molar-refractivity contribution in [1.29, 1.82) is 0 Å². The van der Waals surface area contributed by atoms with Crippen molar-refractivity contribution in [1.82, 2.24) is 24.5 Å². The number of morpholine rings is 1. The SMILES string of the molecule is CC(C)CN(C(=O)O)c1cccc(Cc2nn(-c3cnn(CCC(=O)N4CCOCC4)c3)ccc2=O)c1. The molecule has 1 aliphatic heterocycles. The van der Waals surface area contributed by atoms with Crippen molar-refractivity contribution in [3.8, 4) is 5.69 Å². The van der Waals surface area contributed by atoms with Gasteiger partial charge in [-0.1, -0.05) is 26.0 Å². The quantitative estimate of drug-likeness (QED) is 0.471. The van der Waals surface area contributed by atoms with Crippen molar-refractivity contribution < 1.29 is 19.4 Å². The maximum atomic E-state index is 12.6. The number of benzene rings is 1. The van der Waals surface area contributed by atoms with Crippen LogP contribution in [0.15, 0.2) is 53.7 Å². The number of carboxylic acid groups (broad SMARTS) is 1. The van der Waals surface area contributed by atoms with Gasteiger partial charge in [0.25, 0.3) is 0 Å². The van der Waals surface area contributed by atoms with Gasteiger partial charge in [0.1, 0.15) is 11.4 Å². The van der Waals surface area contributed by atoms with Gasteiger partial charge in [-0.2, -0.15) is 10.2 Å². The Morgan fingerprint density at radius 2 is 1.97 bits per heavy atom. The van der Waals surface area contributed by atoms with Crippen molar-refractivity contribution in [2.24, 2.45) is 5.92 Å². The van der Waals surface area contributed by atoms with Gasteiger partial charge >= 0.3 is 6.09 Å². The Bertz CT molecular complexity index is 1290. The van der Waals surface area contributed by atoms with Crippen LogP contribution in [0.3, 0.4) is 0 Å². The Labute approximate surface area is 214 Å². The number of aryl methyl sites for hydroxylation is 1. The number of carbonyl (C=O) groups excluding carboxylic acids is 1. The smallest absolute Gasteiger partial charge is 0.411 e. The van der Waals surface area contributed by atoms with Crippen LogP contribution in [0.25, 0.3) is 5.69 Å². The van der Waals surface area contributed by atoms with Gasteiger partial charge in [0.05, 0.1) is 25.6 Å². The van der Waals surface area contributed by atoms with Gasteiger partial charge in [-0.3, -0.25) is 19.2 Å². The number of amides is 2. The standard InChI is InChI=1S/C26H32N6O5/c1-19(2)17-31(26(35)36)21-5-3-4-20(14-21)15-23-24(33)6-9-32(28-23)22-16-27-30(18-22)8-7-25(34)29-10-12-37-13-11-29/h3-6,9,14,16,18-19H,7-8,10-13,15,17H2,1-2H3,(H,35,36). The summed E-state index contributed by atoms with van der Waals surface area (Å²) in [6.45, 7) is 7.09. The third kappa shape index (κ3) is 6.82. The highest BCUT2D eigenvalue weighted by Gasteiger charge is 2.18. The Balaban J connectivity index is 1.46. The molecule has 4 rings (SSSR count). The highest BCUT2D eigenvalue weighted by Crippen LogP contribution is 2.19. The van der Waals surface area contributed by atoms with Crippen molar-refractivity contribution in [3.63, 3.8) is 0 Å². The van der Waals surface area contributed by atoms with Crippen LogP contribution in [0.2, 0.25) is 0 Å². The highest BCUT2D eigenvalue weighted by atomic mass is 16.5. The van der Waals surface area contributed by atoms with E-state index in [1.54, 1.807) is 51.1 Å². The second kappa shape index (κ2) is 11.8. The largest absolute Gasteiger partial charge is 0.465 e. The molecule has 1 saturated heterocycles. The fourth-order valence-electron chi connectivity index (χ4n) is 4.17. The molecule has 1 fully saturated rings. The third-order valence-electron chi connectivity index (χ3n) is 6.06. The van der Waals surface area contributed by atoms with Gasteiger partial charge in [-0.25, -0.2) is 9.48 Å². The number of ether oxygens (including phenoxy) is 1. The molecule has 1 aromatic carbocycles. The summed E-state index contributed by atoms with van der Waals surface area (Å²) in [5, 5.41) is 18.5. The van der Waals surface area contributed by atoms with Crippen LogP contribution in [-0.2, 0) is 22.5 Å². The summed E-state index contributed by atoms with van der Waals surface area (Å²) >= 11 is 0. The van der Waals surface area contributed by atoms with Gasteiger partial charge in [0.15, 0.2) is 0 Å². The fraction of sp³-hybridized carbons (Fsp3) is 0.423. The van der Waals surface area contributed by atoms with Crippen LogP contribution < -0.4 is 10.3 Å². The number of rotatable bonds is 9. The van der Waals surface area contributed by atoms with Crippen LogP contribution >= 0.6 is 0 Å². The summed E-state index contributed by atoms with van der Waals surface area (Å²) in [6.07, 6.45) is 4.57. The van der Waals surface area contributed by atoms with E-state index in [-0.39, 0.29) is 23.7 Å². The van der Waals surface area contributed by atoms with Crippen LogP contribution in [0.4, 0.5) is 10.5 Å². The van der Waals surface area contributed by atoms with E-state index in [9.17, 15) is 19.5 Å². The zero-order chi connectivity index (χ0) is 26.4. The molecule has 0 spiro atoms. The van der Waals surface area contributed by atoms with Gasteiger partial charge in [-0.05, 0) is 23.6 Å². The second-order valence-electron chi connectivity index (χ2n) is 9.41. The molecule has 37 heavy (non-hydrogen) atoms. The first-order valence-corrected chi connectivity index (χ1v) is 12.4. The summed E-state index contributed by atoms with van der Waals surface area (Å²) in [7, 11) is 0. The lowest BCUT2D eigenvalue weighted by atomic mass is 10.1. The molecule has 0 radical (unpaired) electrons. The fourth-order valence-corrected chi connectivity index (χ4v) is 4.17. The molecule has 196 valence electrons. The Morgan fingerprint density at radius 3 is 2.70 bits per heavy atom. The molecule has 3 heterocycles. The van der Waals surface area contributed by atoms with Gasteiger partial charge in [0, 0.05) is 57.0 Å². The van der Waals surface area contributed by atoms with E-state index < -0.39 is 6.09 Å². The topological polar surface area (TPSA) is 123 Å². The Kier molecular flexibility index (Phi) is 8.34. The summed E-state index contributed by atoms with van der Waals surface area (Å²) in [5.74, 6) is 0.238. The van der Waals surface area contributed by atoms with Crippen LogP contribution in [-0.4, -0.2) is 74.4 Å². The molecule has 0 atom stereocenters. The zero-order valence-corrected chi connectivity index (χ0v) is 21.1. The molecule has 0 aliphatic carbocycles. The number of anilines is 1. The van der Waals surface area contributed by atoms with E-state index in [2.05, 4.69) is 10.2 Å². The molecular formula is C26H32N6O5. The summed E-state index contributed by atoms with van der Waals surface area (Å²) in [4.78, 5) is 39.8. The first-order chi connectivity index (χ1) is 17.8. The van der Waals surface area contributed by atoms with Crippen LogP contribution in [0, 0.1) is 5.92 Å². The van der Waals surface area contributed by atoms with Crippen molar-refractivity contribution in [3.05, 3.63) is 70.4 Å². The minimum absolute atomic E-state index is 0.0706. The summed E-state index contributed by atoms with van der Waals surface area (Å²) < 4.78 is 8.56. The second-order valence-corrected chi connectivity index (χ2v) is 9.41.